The van der Waals surface area contributed by atoms with E-state index in [2.05, 4.69) is 5.32 Å². The van der Waals surface area contributed by atoms with Gasteiger partial charge in [-0.25, -0.2) is 8.78 Å². The second-order valence-electron chi connectivity index (χ2n) is 5.30. The molecule has 0 aromatic heterocycles. The first-order chi connectivity index (χ1) is 9.33. The van der Waals surface area contributed by atoms with Gasteiger partial charge in [0.15, 0.2) is 0 Å². The van der Waals surface area contributed by atoms with Crippen LogP contribution in [-0.2, 0) is 16.0 Å². The van der Waals surface area contributed by atoms with Crippen LogP contribution in [0.4, 0.5) is 8.78 Å². The number of aliphatic carboxylic acids is 1. The molecule has 1 fully saturated rings. The second-order valence-corrected chi connectivity index (χ2v) is 5.30. The number of carboxylic acids is 1. The van der Waals surface area contributed by atoms with Gasteiger partial charge in [-0.2, -0.15) is 0 Å². The predicted molar refractivity (Wildman–Crippen MR) is 67.0 cm³/mol. The third-order valence-electron chi connectivity index (χ3n) is 3.44. The van der Waals surface area contributed by atoms with Gasteiger partial charge in [0.2, 0.25) is 5.91 Å². The molecule has 1 atom stereocenters. The van der Waals surface area contributed by atoms with Crippen molar-refractivity contribution in [3.05, 3.63) is 35.4 Å². The van der Waals surface area contributed by atoms with Gasteiger partial charge in [-0.05, 0) is 43.5 Å². The third kappa shape index (κ3) is 2.95. The Bertz CT molecular complexity index is 557. The van der Waals surface area contributed by atoms with Gasteiger partial charge in [-0.15, -0.1) is 0 Å². The minimum atomic E-state index is -1.82. The van der Waals surface area contributed by atoms with Crippen LogP contribution in [0.5, 0.6) is 0 Å². The number of nitrogens with one attached hydrogen (secondary N) is 1. The molecular formula is C14H15F2NO3. The molecule has 0 bridgehead atoms. The van der Waals surface area contributed by atoms with E-state index in [0.717, 1.165) is 31.0 Å². The number of carbonyl (C=O) groups excluding carboxylic acids is 1. The summed E-state index contributed by atoms with van der Waals surface area (Å²) in [6.45, 7) is 1.22. The van der Waals surface area contributed by atoms with Gasteiger partial charge in [-0.1, -0.05) is 0 Å². The SMILES string of the molecule is CC(Cc1cc(F)ccc1F)(C(=O)O)C(=O)NC1CC1. The number of hydrogen-bond acceptors (Lipinski definition) is 2. The van der Waals surface area contributed by atoms with Crippen LogP contribution in [0.25, 0.3) is 0 Å². The lowest BCUT2D eigenvalue weighted by molar-refractivity contribution is -0.154. The van der Waals surface area contributed by atoms with Gasteiger partial charge in [0, 0.05) is 12.5 Å². The van der Waals surface area contributed by atoms with Crippen molar-refractivity contribution < 1.29 is 23.5 Å². The first-order valence-corrected chi connectivity index (χ1v) is 6.31. The molecule has 1 aliphatic rings. The van der Waals surface area contributed by atoms with E-state index in [1.54, 1.807) is 0 Å². The van der Waals surface area contributed by atoms with Crippen molar-refractivity contribution in [2.24, 2.45) is 5.41 Å². The van der Waals surface area contributed by atoms with E-state index in [1.165, 1.54) is 6.92 Å². The Morgan fingerprint density at radius 1 is 1.40 bits per heavy atom. The molecule has 2 rings (SSSR count). The zero-order valence-electron chi connectivity index (χ0n) is 11.0. The van der Waals surface area contributed by atoms with Crippen LogP contribution in [0.3, 0.4) is 0 Å². The maximum absolute atomic E-state index is 13.6. The van der Waals surface area contributed by atoms with Crippen molar-refractivity contribution in [2.75, 3.05) is 0 Å². The summed E-state index contributed by atoms with van der Waals surface area (Å²) in [5.74, 6) is -3.43. The normalized spacial score (nSPS) is 17.4. The zero-order valence-corrected chi connectivity index (χ0v) is 11.0. The molecule has 6 heteroatoms. The van der Waals surface area contributed by atoms with Crippen LogP contribution < -0.4 is 5.32 Å². The summed E-state index contributed by atoms with van der Waals surface area (Å²) >= 11 is 0. The fourth-order valence-corrected chi connectivity index (χ4v) is 1.89. The van der Waals surface area contributed by atoms with Crippen LogP contribution in [0.1, 0.15) is 25.3 Å². The summed E-state index contributed by atoms with van der Waals surface area (Å²) in [6.07, 6.45) is 1.23. The number of carbonyl (C=O) groups is 2. The van der Waals surface area contributed by atoms with Crippen molar-refractivity contribution in [1.29, 1.82) is 0 Å². The largest absolute Gasteiger partial charge is 0.480 e. The number of amides is 1. The number of rotatable bonds is 5. The van der Waals surface area contributed by atoms with Crippen molar-refractivity contribution >= 4 is 11.9 Å². The molecule has 0 saturated heterocycles. The first-order valence-electron chi connectivity index (χ1n) is 6.31. The van der Waals surface area contributed by atoms with Crippen LogP contribution in [-0.4, -0.2) is 23.0 Å². The Hall–Kier alpha value is -1.98. The number of halogens is 2. The Balaban J connectivity index is 2.25. The molecule has 4 nitrogen and oxygen atoms in total. The molecule has 0 aliphatic heterocycles. The fourth-order valence-electron chi connectivity index (χ4n) is 1.89. The summed E-state index contributed by atoms with van der Waals surface area (Å²) in [6, 6.07) is 2.78. The van der Waals surface area contributed by atoms with Gasteiger partial charge in [0.1, 0.15) is 17.0 Å². The van der Waals surface area contributed by atoms with Gasteiger partial charge >= 0.3 is 5.97 Å². The molecule has 1 amide bonds. The molecule has 1 saturated carbocycles. The molecule has 1 aromatic rings. The van der Waals surface area contributed by atoms with Crippen molar-refractivity contribution in [3.8, 4) is 0 Å². The van der Waals surface area contributed by atoms with Crippen molar-refractivity contribution in [1.82, 2.24) is 5.32 Å². The second kappa shape index (κ2) is 5.19. The minimum absolute atomic E-state index is 0.00136. The summed E-state index contributed by atoms with van der Waals surface area (Å²) in [4.78, 5) is 23.4. The van der Waals surface area contributed by atoms with Crippen LogP contribution in [0.2, 0.25) is 0 Å². The van der Waals surface area contributed by atoms with Gasteiger partial charge in [-0.3, -0.25) is 9.59 Å². The summed E-state index contributed by atoms with van der Waals surface area (Å²) in [5.41, 5.74) is -1.95. The predicted octanol–water partition coefficient (Wildman–Crippen LogP) is 1.88. The van der Waals surface area contributed by atoms with E-state index in [-0.39, 0.29) is 11.6 Å². The molecule has 1 unspecified atom stereocenters. The quantitative estimate of drug-likeness (QED) is 0.811. The summed E-state index contributed by atoms with van der Waals surface area (Å²) < 4.78 is 26.7. The van der Waals surface area contributed by atoms with Gasteiger partial charge < -0.3 is 10.4 Å². The number of benzene rings is 1. The van der Waals surface area contributed by atoms with E-state index < -0.39 is 35.3 Å². The highest BCUT2D eigenvalue weighted by Gasteiger charge is 2.43. The number of hydrogen-bond donors (Lipinski definition) is 2. The molecule has 20 heavy (non-hydrogen) atoms. The Morgan fingerprint density at radius 2 is 2.05 bits per heavy atom. The van der Waals surface area contributed by atoms with Crippen molar-refractivity contribution in [2.45, 2.75) is 32.2 Å². The summed E-state index contributed by atoms with van der Waals surface area (Å²) in [5, 5.41) is 11.9. The lowest BCUT2D eigenvalue weighted by Gasteiger charge is -2.24. The average Bonchev–Trinajstić information content (AvgIpc) is 3.17. The van der Waals surface area contributed by atoms with E-state index in [9.17, 15) is 23.5 Å². The highest BCUT2D eigenvalue weighted by atomic mass is 19.1. The lowest BCUT2D eigenvalue weighted by Crippen LogP contribution is -2.46. The van der Waals surface area contributed by atoms with E-state index in [0.29, 0.717) is 0 Å². The molecule has 2 N–H and O–H groups in total. The van der Waals surface area contributed by atoms with Crippen LogP contribution in [0.15, 0.2) is 18.2 Å². The molecule has 108 valence electrons. The number of carboxylic acid groups (broad SMARTS) is 1. The standard InChI is InChI=1S/C14H15F2NO3/c1-14(13(19)20,12(18)17-10-3-4-10)7-8-6-9(15)2-5-11(8)16/h2,5-6,10H,3-4,7H2,1H3,(H,17,18)(H,19,20). The minimum Gasteiger partial charge on any atom is -0.480 e. The monoisotopic (exact) mass is 283 g/mol. The molecule has 1 aromatic carbocycles. The topological polar surface area (TPSA) is 66.4 Å². The molecule has 1 aliphatic carbocycles. The maximum Gasteiger partial charge on any atom is 0.319 e. The zero-order chi connectivity index (χ0) is 14.9. The van der Waals surface area contributed by atoms with Crippen molar-refractivity contribution in [3.63, 3.8) is 0 Å². The third-order valence-corrected chi connectivity index (χ3v) is 3.44. The fraction of sp³-hybridized carbons (Fsp3) is 0.429. The molecular weight excluding hydrogens is 268 g/mol. The average molecular weight is 283 g/mol. The molecule has 0 spiro atoms. The van der Waals surface area contributed by atoms with Crippen LogP contribution >= 0.6 is 0 Å². The Labute approximate surface area is 114 Å². The van der Waals surface area contributed by atoms with Gasteiger partial charge in [0.05, 0.1) is 0 Å². The Kier molecular flexibility index (Phi) is 3.74. The molecule has 0 heterocycles. The highest BCUT2D eigenvalue weighted by molar-refractivity contribution is 6.02. The van der Waals surface area contributed by atoms with Gasteiger partial charge in [0.25, 0.3) is 0 Å². The Morgan fingerprint density at radius 3 is 2.60 bits per heavy atom. The van der Waals surface area contributed by atoms with E-state index in [1.807, 2.05) is 0 Å². The van der Waals surface area contributed by atoms with Crippen LogP contribution in [0, 0.1) is 17.0 Å². The first kappa shape index (κ1) is 14.4. The molecule has 0 radical (unpaired) electrons. The summed E-state index contributed by atoms with van der Waals surface area (Å²) in [7, 11) is 0. The lowest BCUT2D eigenvalue weighted by atomic mass is 9.82. The van der Waals surface area contributed by atoms with E-state index in [4.69, 9.17) is 0 Å². The van der Waals surface area contributed by atoms with E-state index >= 15 is 0 Å². The smallest absolute Gasteiger partial charge is 0.319 e. The highest BCUT2D eigenvalue weighted by Crippen LogP contribution is 2.28. The maximum atomic E-state index is 13.6.